The van der Waals surface area contributed by atoms with Crippen LogP contribution < -0.4 is 5.32 Å². The highest BCUT2D eigenvalue weighted by atomic mass is 35.5. The Balaban J connectivity index is 2.47. The first-order chi connectivity index (χ1) is 12.8. The van der Waals surface area contributed by atoms with Gasteiger partial charge in [-0.1, -0.05) is 94.6 Å². The molecule has 0 bridgehead atoms. The summed E-state index contributed by atoms with van der Waals surface area (Å²) in [5.74, 6) is 0.509. The normalized spacial score (nSPS) is 11.6. The van der Waals surface area contributed by atoms with E-state index in [2.05, 4.69) is 5.32 Å². The van der Waals surface area contributed by atoms with Gasteiger partial charge in [0.1, 0.15) is 4.49 Å². The van der Waals surface area contributed by atoms with Gasteiger partial charge >= 0.3 is 5.70 Å². The second-order valence-corrected chi connectivity index (χ2v) is 8.04. The highest BCUT2D eigenvalue weighted by molar-refractivity contribution is 8.02. The van der Waals surface area contributed by atoms with Crippen LogP contribution in [0.5, 0.6) is 0 Å². The van der Waals surface area contributed by atoms with E-state index in [4.69, 9.17) is 34.8 Å². The fraction of sp³-hybridized carbons (Fsp3) is 0.158. The quantitative estimate of drug-likeness (QED) is 0.285. The van der Waals surface area contributed by atoms with Crippen LogP contribution in [0.1, 0.15) is 16.7 Å². The van der Waals surface area contributed by atoms with Crippen LogP contribution in [0, 0.1) is 24.0 Å². The van der Waals surface area contributed by atoms with E-state index in [1.165, 1.54) is 11.8 Å². The average Bonchev–Trinajstić information content (AvgIpc) is 2.62. The lowest BCUT2D eigenvalue weighted by Gasteiger charge is -2.14. The molecule has 0 atom stereocenters. The summed E-state index contributed by atoms with van der Waals surface area (Å²) in [4.78, 5) is 11.1. The van der Waals surface area contributed by atoms with E-state index in [0.717, 1.165) is 22.4 Å². The Hall–Kier alpha value is -1.66. The van der Waals surface area contributed by atoms with Crippen LogP contribution in [0.25, 0.3) is 0 Å². The molecule has 142 valence electrons. The highest BCUT2D eigenvalue weighted by Crippen LogP contribution is 2.34. The fourth-order valence-corrected chi connectivity index (χ4v) is 3.72. The molecule has 27 heavy (non-hydrogen) atoms. The van der Waals surface area contributed by atoms with Crippen LogP contribution in [0.2, 0.25) is 0 Å². The summed E-state index contributed by atoms with van der Waals surface area (Å²) in [6.07, 6.45) is 0. The van der Waals surface area contributed by atoms with Gasteiger partial charge in [0.05, 0.1) is 4.92 Å². The number of nitro groups is 1. The highest BCUT2D eigenvalue weighted by Gasteiger charge is 2.26. The molecule has 0 aliphatic carbocycles. The smallest absolute Gasteiger partial charge is 0.320 e. The monoisotopic (exact) mass is 442 g/mol. The topological polar surface area (TPSA) is 55.2 Å². The van der Waals surface area contributed by atoms with Gasteiger partial charge in [0.15, 0.2) is 10.1 Å². The second-order valence-electron chi connectivity index (χ2n) is 5.73. The van der Waals surface area contributed by atoms with Crippen molar-refractivity contribution in [3.8, 4) is 0 Å². The van der Waals surface area contributed by atoms with Crippen LogP contribution in [-0.4, -0.2) is 4.92 Å². The molecule has 8 heteroatoms. The first kappa shape index (κ1) is 21.6. The minimum atomic E-state index is -0.586. The number of nitrogens with zero attached hydrogens (tertiary/aromatic N) is 1. The number of hydrogen-bond donors (Lipinski definition) is 1. The zero-order chi connectivity index (χ0) is 20.0. The minimum Gasteiger partial charge on any atom is -0.344 e. The Kier molecular flexibility index (Phi) is 8.05. The van der Waals surface area contributed by atoms with Crippen molar-refractivity contribution in [1.82, 2.24) is 0 Å². The summed E-state index contributed by atoms with van der Waals surface area (Å²) < 4.78 is -0.358. The van der Waals surface area contributed by atoms with Gasteiger partial charge in [-0.25, -0.2) is 0 Å². The van der Waals surface area contributed by atoms with Crippen molar-refractivity contribution in [2.75, 3.05) is 5.32 Å². The lowest BCUT2D eigenvalue weighted by atomic mass is 10.1. The van der Waals surface area contributed by atoms with Gasteiger partial charge in [0.2, 0.25) is 0 Å². The lowest BCUT2D eigenvalue weighted by molar-refractivity contribution is -0.420. The number of rotatable bonds is 7. The molecule has 0 heterocycles. The number of benzene rings is 2. The maximum absolute atomic E-state index is 11.7. The number of anilines is 1. The van der Waals surface area contributed by atoms with Crippen LogP contribution in [0.4, 0.5) is 5.69 Å². The van der Waals surface area contributed by atoms with Crippen LogP contribution in [0.3, 0.4) is 0 Å². The summed E-state index contributed by atoms with van der Waals surface area (Å²) >= 11 is 18.7. The lowest BCUT2D eigenvalue weighted by Crippen LogP contribution is -2.10. The van der Waals surface area contributed by atoms with Crippen LogP contribution in [-0.2, 0) is 5.75 Å². The van der Waals surface area contributed by atoms with Gasteiger partial charge in [0.25, 0.3) is 0 Å². The molecule has 0 spiro atoms. The predicted molar refractivity (Wildman–Crippen MR) is 116 cm³/mol. The number of thioether (sulfide) groups is 1. The molecule has 0 amide bonds. The van der Waals surface area contributed by atoms with E-state index in [1.807, 2.05) is 62.4 Å². The molecule has 0 unspecified atom stereocenters. The molecule has 0 saturated heterocycles. The van der Waals surface area contributed by atoms with Gasteiger partial charge in [-0.15, -0.1) is 0 Å². The molecule has 0 saturated carbocycles. The molecular weight excluding hydrogens is 427 g/mol. The number of nitrogens with one attached hydrogen (secondary N) is 1. The summed E-state index contributed by atoms with van der Waals surface area (Å²) in [6, 6.07) is 15.4. The maximum Gasteiger partial charge on any atom is 0.320 e. The van der Waals surface area contributed by atoms with E-state index >= 15 is 0 Å². The van der Waals surface area contributed by atoms with Crippen molar-refractivity contribution in [1.29, 1.82) is 0 Å². The van der Waals surface area contributed by atoms with E-state index in [0.29, 0.717) is 5.75 Å². The zero-order valence-electron chi connectivity index (χ0n) is 14.6. The average molecular weight is 444 g/mol. The minimum absolute atomic E-state index is 0.264. The van der Waals surface area contributed by atoms with Gasteiger partial charge in [-0.05, 0) is 31.0 Å². The third-order valence-electron chi connectivity index (χ3n) is 3.63. The zero-order valence-corrected chi connectivity index (χ0v) is 17.7. The molecule has 0 aromatic heterocycles. The molecule has 2 rings (SSSR count). The van der Waals surface area contributed by atoms with Gasteiger partial charge < -0.3 is 5.32 Å². The van der Waals surface area contributed by atoms with Gasteiger partial charge in [-0.2, -0.15) is 0 Å². The van der Waals surface area contributed by atoms with E-state index in [9.17, 15) is 10.1 Å². The molecule has 0 aliphatic rings. The number of halogens is 3. The van der Waals surface area contributed by atoms with E-state index in [-0.39, 0.29) is 20.2 Å². The van der Waals surface area contributed by atoms with Gasteiger partial charge in [0, 0.05) is 11.4 Å². The molecule has 0 aliphatic heterocycles. The SMILES string of the molecule is Cc1ccc(N/C(SCc2ccccc2)=C(/C(Cl)=C(Cl)Cl)[N+](=O)[O-])c(C)c1. The van der Waals surface area contributed by atoms with E-state index in [1.54, 1.807) is 0 Å². The first-order valence-electron chi connectivity index (χ1n) is 7.90. The Bertz CT molecular complexity index is 895. The first-order valence-corrected chi connectivity index (χ1v) is 10.0. The summed E-state index contributed by atoms with van der Waals surface area (Å²) in [5.41, 5.74) is 3.44. The maximum atomic E-state index is 11.7. The summed E-state index contributed by atoms with van der Waals surface area (Å²) in [5, 5.41) is 14.8. The van der Waals surface area contributed by atoms with Crippen LogP contribution >= 0.6 is 46.6 Å². The standard InChI is InChI=1S/C19H17Cl3N2O2S/c1-12-8-9-15(13(2)10-12)23-19(17(24(25)26)16(20)18(21)22)27-11-14-6-4-3-5-7-14/h3-10,23H,11H2,1-2H3/b19-17+. The Morgan fingerprint density at radius 2 is 1.78 bits per heavy atom. The fourth-order valence-electron chi connectivity index (χ4n) is 2.32. The number of allylic oxidation sites excluding steroid dienone is 1. The Morgan fingerprint density at radius 1 is 1.11 bits per heavy atom. The van der Waals surface area contributed by atoms with Gasteiger partial charge in [-0.3, -0.25) is 10.1 Å². The summed E-state index contributed by atoms with van der Waals surface area (Å²) in [7, 11) is 0. The molecule has 2 aromatic carbocycles. The Labute approximate surface area is 177 Å². The molecular formula is C19H17Cl3N2O2S. The number of aryl methyl sites for hydroxylation is 2. The third-order valence-corrected chi connectivity index (χ3v) is 5.63. The molecule has 0 fully saturated rings. The van der Waals surface area contributed by atoms with Crippen LogP contribution in [0.15, 0.2) is 68.8 Å². The van der Waals surface area contributed by atoms with Crippen molar-refractivity contribution in [3.63, 3.8) is 0 Å². The predicted octanol–water partition coefficient (Wildman–Crippen LogP) is 6.98. The summed E-state index contributed by atoms with van der Waals surface area (Å²) in [6.45, 7) is 3.90. The third kappa shape index (κ3) is 6.18. The largest absolute Gasteiger partial charge is 0.344 e. The van der Waals surface area contributed by atoms with Crippen molar-refractivity contribution >= 4 is 52.3 Å². The van der Waals surface area contributed by atoms with Crippen molar-refractivity contribution in [2.24, 2.45) is 0 Å². The van der Waals surface area contributed by atoms with Crippen molar-refractivity contribution in [3.05, 3.63) is 95.6 Å². The number of hydrogen-bond acceptors (Lipinski definition) is 4. The van der Waals surface area contributed by atoms with Crippen molar-refractivity contribution < 1.29 is 4.92 Å². The molecule has 4 nitrogen and oxygen atoms in total. The molecule has 1 N–H and O–H groups in total. The molecule has 0 radical (unpaired) electrons. The molecule has 2 aromatic rings. The second kappa shape index (κ2) is 10.0. The van der Waals surface area contributed by atoms with E-state index < -0.39 is 4.92 Å². The van der Waals surface area contributed by atoms with Crippen molar-refractivity contribution in [2.45, 2.75) is 19.6 Å². The Morgan fingerprint density at radius 3 is 2.33 bits per heavy atom.